The van der Waals surface area contributed by atoms with Crippen molar-refractivity contribution >= 4 is 15.9 Å². The van der Waals surface area contributed by atoms with E-state index in [0.29, 0.717) is 18.4 Å². The second kappa shape index (κ2) is 3.70. The summed E-state index contributed by atoms with van der Waals surface area (Å²) in [5.41, 5.74) is 0.696. The molecule has 0 aliphatic heterocycles. The van der Waals surface area contributed by atoms with E-state index in [1.54, 1.807) is 12.1 Å². The summed E-state index contributed by atoms with van der Waals surface area (Å²) in [7, 11) is -3.43. The Kier molecular flexibility index (Phi) is 2.52. The summed E-state index contributed by atoms with van der Waals surface area (Å²) in [5, 5.41) is -0.321. The Balaban J connectivity index is 2.10. The van der Waals surface area contributed by atoms with Gasteiger partial charge in [-0.05, 0) is 12.8 Å². The Labute approximate surface area is 89.5 Å². The van der Waals surface area contributed by atoms with Gasteiger partial charge in [-0.3, -0.25) is 0 Å². The zero-order chi connectivity index (χ0) is 10.9. The molecule has 0 saturated heterocycles. The molecule has 1 aliphatic rings. The lowest BCUT2D eigenvalue weighted by atomic mass is 10.2. The van der Waals surface area contributed by atoms with E-state index in [9.17, 15) is 8.42 Å². The highest BCUT2D eigenvalue weighted by Gasteiger charge is 2.37. The standard InChI is InChI=1S/C11H12O3S/c1-9(10-5-3-2-4-6-10)14-15(12,13)11-7-8-11/h2-6,11H,1,7-8H2. The molecule has 15 heavy (non-hydrogen) atoms. The van der Waals surface area contributed by atoms with E-state index in [-0.39, 0.29) is 11.0 Å². The Morgan fingerprint density at radius 2 is 1.87 bits per heavy atom. The molecular formula is C11H12O3S. The maximum Gasteiger partial charge on any atom is 0.312 e. The van der Waals surface area contributed by atoms with Gasteiger partial charge in [0.05, 0.1) is 5.25 Å². The highest BCUT2D eigenvalue weighted by molar-refractivity contribution is 7.87. The fourth-order valence-electron chi connectivity index (χ4n) is 1.24. The number of hydrogen-bond donors (Lipinski definition) is 0. The predicted molar refractivity (Wildman–Crippen MR) is 58.5 cm³/mol. The minimum atomic E-state index is -3.43. The average Bonchev–Trinajstić information content (AvgIpc) is 3.01. The highest BCUT2D eigenvalue weighted by Crippen LogP contribution is 2.32. The number of hydrogen-bond acceptors (Lipinski definition) is 3. The van der Waals surface area contributed by atoms with Crippen molar-refractivity contribution in [3.8, 4) is 0 Å². The predicted octanol–water partition coefficient (Wildman–Crippen LogP) is 2.17. The van der Waals surface area contributed by atoms with Crippen LogP contribution in [0, 0.1) is 0 Å². The van der Waals surface area contributed by atoms with Gasteiger partial charge in [0.2, 0.25) is 0 Å². The van der Waals surface area contributed by atoms with Gasteiger partial charge in [0.25, 0.3) is 0 Å². The maximum atomic E-state index is 11.5. The third kappa shape index (κ3) is 2.39. The van der Waals surface area contributed by atoms with Gasteiger partial charge in [0, 0.05) is 5.56 Å². The normalized spacial score (nSPS) is 16.0. The van der Waals surface area contributed by atoms with Crippen molar-refractivity contribution in [1.82, 2.24) is 0 Å². The summed E-state index contributed by atoms with van der Waals surface area (Å²) in [5.74, 6) is 0.197. The summed E-state index contributed by atoms with van der Waals surface area (Å²) in [6.45, 7) is 3.62. The second-order valence-electron chi connectivity index (χ2n) is 3.56. The van der Waals surface area contributed by atoms with Gasteiger partial charge >= 0.3 is 10.1 Å². The Hall–Kier alpha value is -1.29. The summed E-state index contributed by atoms with van der Waals surface area (Å²) < 4.78 is 27.9. The van der Waals surface area contributed by atoms with E-state index in [1.165, 1.54) is 0 Å². The molecule has 1 aliphatic carbocycles. The zero-order valence-electron chi connectivity index (χ0n) is 8.22. The smallest absolute Gasteiger partial charge is 0.312 e. The first kappa shape index (κ1) is 10.2. The maximum absolute atomic E-state index is 11.5. The van der Waals surface area contributed by atoms with Crippen molar-refractivity contribution in [3.63, 3.8) is 0 Å². The average molecular weight is 224 g/mol. The first-order chi connectivity index (χ1) is 7.09. The number of rotatable bonds is 4. The largest absolute Gasteiger partial charge is 0.382 e. The number of benzene rings is 1. The van der Waals surface area contributed by atoms with E-state index < -0.39 is 10.1 Å². The van der Waals surface area contributed by atoms with Crippen LogP contribution in [0.15, 0.2) is 36.9 Å². The molecule has 0 unspecified atom stereocenters. The molecule has 0 atom stereocenters. The Bertz CT molecular complexity index is 458. The molecule has 0 bridgehead atoms. The van der Waals surface area contributed by atoms with E-state index in [2.05, 4.69) is 6.58 Å². The molecule has 1 aromatic rings. The van der Waals surface area contributed by atoms with Crippen LogP contribution < -0.4 is 0 Å². The first-order valence-electron chi connectivity index (χ1n) is 4.77. The van der Waals surface area contributed by atoms with Crippen LogP contribution in [0.25, 0.3) is 5.76 Å². The third-order valence-corrected chi connectivity index (χ3v) is 3.97. The van der Waals surface area contributed by atoms with Crippen LogP contribution in [-0.2, 0) is 14.3 Å². The fourth-order valence-corrected chi connectivity index (χ4v) is 2.46. The van der Waals surface area contributed by atoms with Gasteiger partial charge in [0.15, 0.2) is 0 Å². The van der Waals surface area contributed by atoms with E-state index in [1.807, 2.05) is 18.2 Å². The van der Waals surface area contributed by atoms with Crippen molar-refractivity contribution in [3.05, 3.63) is 42.5 Å². The van der Waals surface area contributed by atoms with Crippen LogP contribution in [0.1, 0.15) is 18.4 Å². The minimum absolute atomic E-state index is 0.197. The molecule has 4 heteroatoms. The summed E-state index contributed by atoms with van der Waals surface area (Å²) >= 11 is 0. The molecule has 0 amide bonds. The molecule has 0 radical (unpaired) electrons. The van der Waals surface area contributed by atoms with Crippen LogP contribution in [0.2, 0.25) is 0 Å². The van der Waals surface area contributed by atoms with Crippen LogP contribution in [0.4, 0.5) is 0 Å². The minimum Gasteiger partial charge on any atom is -0.382 e. The van der Waals surface area contributed by atoms with Gasteiger partial charge in [0.1, 0.15) is 5.76 Å². The SMILES string of the molecule is C=C(OS(=O)(=O)C1CC1)c1ccccc1. The Morgan fingerprint density at radius 1 is 1.27 bits per heavy atom. The van der Waals surface area contributed by atoms with Gasteiger partial charge in [-0.25, -0.2) is 0 Å². The summed E-state index contributed by atoms with van der Waals surface area (Å²) in [4.78, 5) is 0. The first-order valence-corrected chi connectivity index (χ1v) is 6.24. The van der Waals surface area contributed by atoms with Crippen LogP contribution in [0.3, 0.4) is 0 Å². The van der Waals surface area contributed by atoms with Gasteiger partial charge < -0.3 is 4.18 Å². The molecule has 1 aromatic carbocycles. The topological polar surface area (TPSA) is 43.4 Å². The highest BCUT2D eigenvalue weighted by atomic mass is 32.2. The van der Waals surface area contributed by atoms with Gasteiger partial charge in [-0.2, -0.15) is 8.42 Å². The summed E-state index contributed by atoms with van der Waals surface area (Å²) in [6, 6.07) is 9.02. The van der Waals surface area contributed by atoms with Crippen LogP contribution in [0.5, 0.6) is 0 Å². The zero-order valence-corrected chi connectivity index (χ0v) is 9.03. The lowest BCUT2D eigenvalue weighted by molar-refractivity contribution is 0.463. The molecule has 1 fully saturated rings. The quantitative estimate of drug-likeness (QED) is 0.581. The van der Waals surface area contributed by atoms with Crippen LogP contribution in [-0.4, -0.2) is 13.7 Å². The van der Waals surface area contributed by atoms with E-state index in [4.69, 9.17) is 4.18 Å². The third-order valence-electron chi connectivity index (χ3n) is 2.25. The van der Waals surface area contributed by atoms with Gasteiger partial charge in [-0.1, -0.05) is 36.9 Å². The fraction of sp³-hybridized carbons (Fsp3) is 0.273. The molecule has 0 aromatic heterocycles. The van der Waals surface area contributed by atoms with Crippen molar-refractivity contribution < 1.29 is 12.6 Å². The molecule has 80 valence electrons. The van der Waals surface area contributed by atoms with Crippen LogP contribution >= 0.6 is 0 Å². The second-order valence-corrected chi connectivity index (χ2v) is 5.38. The molecule has 2 rings (SSSR count). The van der Waals surface area contributed by atoms with E-state index in [0.717, 1.165) is 0 Å². The lowest BCUT2D eigenvalue weighted by Crippen LogP contribution is -2.09. The van der Waals surface area contributed by atoms with Crippen molar-refractivity contribution in [1.29, 1.82) is 0 Å². The molecule has 0 heterocycles. The van der Waals surface area contributed by atoms with Crippen molar-refractivity contribution in [2.24, 2.45) is 0 Å². The monoisotopic (exact) mass is 224 g/mol. The van der Waals surface area contributed by atoms with Gasteiger partial charge in [-0.15, -0.1) is 0 Å². The molecule has 0 spiro atoms. The lowest BCUT2D eigenvalue weighted by Gasteiger charge is -2.08. The Morgan fingerprint density at radius 3 is 2.40 bits per heavy atom. The van der Waals surface area contributed by atoms with E-state index >= 15 is 0 Å². The summed E-state index contributed by atoms with van der Waals surface area (Å²) in [6.07, 6.45) is 1.40. The molecule has 1 saturated carbocycles. The molecule has 0 N–H and O–H groups in total. The van der Waals surface area contributed by atoms with Crippen molar-refractivity contribution in [2.45, 2.75) is 18.1 Å². The molecule has 3 nitrogen and oxygen atoms in total. The molecular weight excluding hydrogens is 212 g/mol. The van der Waals surface area contributed by atoms with Crippen molar-refractivity contribution in [2.75, 3.05) is 0 Å².